The lowest BCUT2D eigenvalue weighted by Crippen LogP contribution is -3.00. The highest BCUT2D eigenvalue weighted by molar-refractivity contribution is 5.84. The number of quaternary nitrogens is 1. The molecule has 0 aliphatic heterocycles. The Bertz CT molecular complexity index is 533. The molecule has 0 bridgehead atoms. The second kappa shape index (κ2) is 17.7. The first-order chi connectivity index (χ1) is 14.0. The first-order valence-electron chi connectivity index (χ1n) is 12.1. The summed E-state index contributed by atoms with van der Waals surface area (Å²) in [5, 5.41) is 0. The van der Waals surface area contributed by atoms with Gasteiger partial charge in [0, 0.05) is 18.4 Å². The van der Waals surface area contributed by atoms with Crippen LogP contribution in [0.2, 0.25) is 0 Å². The predicted molar refractivity (Wildman–Crippen MR) is 126 cm³/mol. The zero-order valence-corrected chi connectivity index (χ0v) is 20.6. The largest absolute Gasteiger partial charge is 1.00 e. The van der Waals surface area contributed by atoms with Crippen LogP contribution in [0.15, 0.2) is 30.3 Å². The Labute approximate surface area is 192 Å². The van der Waals surface area contributed by atoms with E-state index in [9.17, 15) is 4.79 Å². The highest BCUT2D eigenvalue weighted by atomic mass is 35.5. The maximum Gasteiger partial charge on any atom is 0.194 e. The number of halogens is 1. The summed E-state index contributed by atoms with van der Waals surface area (Å²) in [6.45, 7) is 3.88. The highest BCUT2D eigenvalue weighted by Gasteiger charge is 2.35. The fourth-order valence-corrected chi connectivity index (χ4v) is 4.34. The van der Waals surface area contributed by atoms with Gasteiger partial charge in [0.05, 0.1) is 20.6 Å². The molecule has 0 aliphatic carbocycles. The Hall–Kier alpha value is -0.900. The Balaban J connectivity index is 0.00000841. The molecule has 0 saturated heterocycles. The number of benzene rings is 1. The molecule has 3 nitrogen and oxygen atoms in total. The van der Waals surface area contributed by atoms with Crippen LogP contribution in [-0.4, -0.2) is 37.5 Å². The third kappa shape index (κ3) is 12.1. The predicted octanol–water partition coefficient (Wildman–Crippen LogP) is 3.43. The monoisotopic (exact) mass is 438 g/mol. The fraction of sp³-hybridized carbons (Fsp3) is 0.731. The van der Waals surface area contributed by atoms with Crippen LogP contribution >= 0.6 is 0 Å². The van der Waals surface area contributed by atoms with Crippen LogP contribution in [0.4, 0.5) is 0 Å². The van der Waals surface area contributed by atoms with E-state index in [1.807, 2.05) is 18.2 Å². The molecule has 0 heterocycles. The Morgan fingerprint density at radius 2 is 1.33 bits per heavy atom. The van der Waals surface area contributed by atoms with Crippen molar-refractivity contribution in [3.8, 4) is 0 Å². The smallest absolute Gasteiger partial charge is 0.194 e. The van der Waals surface area contributed by atoms with Gasteiger partial charge in [-0.3, -0.25) is 4.79 Å². The maximum absolute atomic E-state index is 13.2. The molecular formula is C26H47ClN2O. The Morgan fingerprint density at radius 1 is 0.833 bits per heavy atom. The van der Waals surface area contributed by atoms with Crippen molar-refractivity contribution in [3.05, 3.63) is 35.9 Å². The number of carbonyl (C=O) groups is 1. The lowest BCUT2D eigenvalue weighted by atomic mass is 9.95. The molecule has 30 heavy (non-hydrogen) atoms. The molecule has 2 N–H and O–H groups in total. The topological polar surface area (TPSA) is 43.1 Å². The molecule has 0 aromatic heterocycles. The van der Waals surface area contributed by atoms with E-state index in [-0.39, 0.29) is 18.4 Å². The van der Waals surface area contributed by atoms with Crippen molar-refractivity contribution in [1.29, 1.82) is 0 Å². The van der Waals surface area contributed by atoms with E-state index in [0.717, 1.165) is 24.9 Å². The van der Waals surface area contributed by atoms with Crippen molar-refractivity contribution in [2.75, 3.05) is 27.2 Å². The van der Waals surface area contributed by atoms with Crippen molar-refractivity contribution in [1.82, 2.24) is 0 Å². The fourth-order valence-electron chi connectivity index (χ4n) is 4.34. The van der Waals surface area contributed by atoms with Crippen molar-refractivity contribution >= 4 is 5.78 Å². The molecule has 0 spiro atoms. The molecular weight excluding hydrogens is 392 g/mol. The highest BCUT2D eigenvalue weighted by Crippen LogP contribution is 2.28. The summed E-state index contributed by atoms with van der Waals surface area (Å²) in [5.74, 6) is 0.383. The SMILES string of the molecule is CCCCCCCCCCCCCC(=O)C(c1ccccc1)[N+](C)(C)CCCN.[Cl-]. The molecule has 0 saturated carbocycles. The number of nitrogens with two attached hydrogens (primary N) is 1. The molecule has 0 amide bonds. The number of likely N-dealkylation sites (N-methyl/N-ethyl adjacent to an activating group) is 1. The average molecular weight is 439 g/mol. The number of ketones is 1. The van der Waals surface area contributed by atoms with E-state index in [1.54, 1.807) is 0 Å². The summed E-state index contributed by atoms with van der Waals surface area (Å²) in [5.41, 5.74) is 6.88. The summed E-state index contributed by atoms with van der Waals surface area (Å²) in [7, 11) is 4.34. The Morgan fingerprint density at radius 3 is 1.83 bits per heavy atom. The minimum atomic E-state index is -0.0779. The molecule has 0 fully saturated rings. The number of nitrogens with zero attached hydrogens (tertiary/aromatic N) is 1. The van der Waals surface area contributed by atoms with Crippen LogP contribution in [0, 0.1) is 0 Å². The second-order valence-electron chi connectivity index (χ2n) is 9.21. The van der Waals surface area contributed by atoms with E-state index in [0.29, 0.717) is 23.2 Å². The van der Waals surface area contributed by atoms with Crippen LogP contribution < -0.4 is 18.1 Å². The van der Waals surface area contributed by atoms with E-state index in [2.05, 4.69) is 33.2 Å². The summed E-state index contributed by atoms with van der Waals surface area (Å²) < 4.78 is 0.693. The van der Waals surface area contributed by atoms with Crippen molar-refractivity contribution < 1.29 is 21.7 Å². The minimum absolute atomic E-state index is 0. The van der Waals surface area contributed by atoms with Gasteiger partial charge in [0.25, 0.3) is 0 Å². The summed E-state index contributed by atoms with van der Waals surface area (Å²) in [6.07, 6.45) is 16.1. The van der Waals surface area contributed by atoms with Crippen molar-refractivity contribution in [3.63, 3.8) is 0 Å². The first-order valence-corrected chi connectivity index (χ1v) is 12.1. The van der Waals surface area contributed by atoms with Crippen LogP contribution in [-0.2, 0) is 4.79 Å². The number of unbranched alkanes of at least 4 members (excludes halogenated alkanes) is 10. The maximum atomic E-state index is 13.2. The molecule has 174 valence electrons. The van der Waals surface area contributed by atoms with Crippen molar-refractivity contribution in [2.24, 2.45) is 5.73 Å². The lowest BCUT2D eigenvalue weighted by molar-refractivity contribution is -0.911. The van der Waals surface area contributed by atoms with E-state index in [4.69, 9.17) is 5.73 Å². The van der Waals surface area contributed by atoms with Gasteiger partial charge in [-0.25, -0.2) is 0 Å². The molecule has 1 aromatic rings. The second-order valence-corrected chi connectivity index (χ2v) is 9.21. The number of hydrogen-bond acceptors (Lipinski definition) is 2. The molecule has 0 radical (unpaired) electrons. The van der Waals surface area contributed by atoms with E-state index in [1.165, 1.54) is 64.2 Å². The molecule has 1 aromatic carbocycles. The van der Waals surface area contributed by atoms with Gasteiger partial charge < -0.3 is 22.6 Å². The van der Waals surface area contributed by atoms with Gasteiger partial charge in [-0.1, -0.05) is 101 Å². The van der Waals surface area contributed by atoms with Gasteiger partial charge in [0.15, 0.2) is 11.8 Å². The van der Waals surface area contributed by atoms with Gasteiger partial charge in [0.1, 0.15) is 0 Å². The van der Waals surface area contributed by atoms with Gasteiger partial charge >= 0.3 is 0 Å². The molecule has 1 atom stereocenters. The summed E-state index contributed by atoms with van der Waals surface area (Å²) in [4.78, 5) is 13.2. The summed E-state index contributed by atoms with van der Waals surface area (Å²) in [6, 6.07) is 10.2. The number of Topliss-reactive ketones (excluding diaryl/α,β-unsaturated/α-hetero) is 1. The van der Waals surface area contributed by atoms with Gasteiger partial charge in [0.2, 0.25) is 0 Å². The van der Waals surface area contributed by atoms with E-state index >= 15 is 0 Å². The first kappa shape index (κ1) is 29.1. The number of carbonyl (C=O) groups excluding carboxylic acids is 1. The third-order valence-electron chi connectivity index (χ3n) is 6.08. The molecule has 1 unspecified atom stereocenters. The average Bonchev–Trinajstić information content (AvgIpc) is 2.71. The van der Waals surface area contributed by atoms with Crippen LogP contribution in [0.25, 0.3) is 0 Å². The zero-order valence-electron chi connectivity index (χ0n) is 19.9. The quantitative estimate of drug-likeness (QED) is 0.282. The van der Waals surface area contributed by atoms with Crippen molar-refractivity contribution in [2.45, 2.75) is 96.4 Å². The van der Waals surface area contributed by atoms with Gasteiger partial charge in [-0.2, -0.15) is 0 Å². The van der Waals surface area contributed by atoms with Crippen LogP contribution in [0.1, 0.15) is 102 Å². The van der Waals surface area contributed by atoms with Gasteiger partial charge in [-0.15, -0.1) is 0 Å². The minimum Gasteiger partial charge on any atom is -1.00 e. The third-order valence-corrected chi connectivity index (χ3v) is 6.08. The van der Waals surface area contributed by atoms with E-state index < -0.39 is 0 Å². The Kier molecular flexibility index (Phi) is 17.2. The van der Waals surface area contributed by atoms with Gasteiger partial charge in [-0.05, 0) is 13.0 Å². The van der Waals surface area contributed by atoms with Crippen LogP contribution in [0.5, 0.6) is 0 Å². The number of rotatable bonds is 18. The lowest BCUT2D eigenvalue weighted by Gasteiger charge is -2.37. The number of hydrogen-bond donors (Lipinski definition) is 1. The molecule has 0 aliphatic rings. The van der Waals surface area contributed by atoms with Crippen LogP contribution in [0.3, 0.4) is 0 Å². The molecule has 1 rings (SSSR count). The summed E-state index contributed by atoms with van der Waals surface area (Å²) >= 11 is 0. The molecule has 4 heteroatoms. The normalized spacial score (nSPS) is 12.4. The standard InChI is InChI=1S/C26H47N2O.ClH/c1-4-5-6-7-8-9-10-11-12-13-17-21-25(29)26(24-19-15-14-16-20-24)28(2,3)23-18-22-27;/h14-16,19-20,26H,4-13,17-18,21-23,27H2,1-3H3;1H/q+1;/p-1. The zero-order chi connectivity index (χ0) is 21.4.